The Balaban J connectivity index is 3.03. The van der Waals surface area contributed by atoms with Crippen LogP contribution in [0.3, 0.4) is 0 Å². The Morgan fingerprint density at radius 1 is 1.32 bits per heavy atom. The number of benzene rings is 1. The minimum absolute atomic E-state index is 0.102. The summed E-state index contributed by atoms with van der Waals surface area (Å²) in [5.41, 5.74) is 0.708. The van der Waals surface area contributed by atoms with E-state index >= 15 is 0 Å². The minimum Gasteiger partial charge on any atom is -0.207 e. The molecule has 0 bridgehead atoms. The van der Waals surface area contributed by atoms with Crippen LogP contribution in [-0.2, 0) is 16.4 Å². The molecule has 0 aliphatic carbocycles. The molecule has 0 aliphatic heterocycles. The highest BCUT2D eigenvalue weighted by Crippen LogP contribution is 2.24. The molecule has 0 amide bonds. The van der Waals surface area contributed by atoms with Crippen molar-refractivity contribution >= 4 is 21.6 Å². The summed E-state index contributed by atoms with van der Waals surface area (Å²) in [6.07, 6.45) is -3.20. The van der Waals surface area contributed by atoms with Crippen molar-refractivity contribution in [3.8, 4) is 0 Å². The monoisotopic (exact) mass is 315 g/mol. The third-order valence-electron chi connectivity index (χ3n) is 2.29. The molecule has 1 aromatic rings. The maximum atomic E-state index is 12.0. The van der Waals surface area contributed by atoms with Crippen molar-refractivity contribution in [3.63, 3.8) is 0 Å². The van der Waals surface area contributed by atoms with Gasteiger partial charge in [0.05, 0.1) is 5.02 Å². The number of hydrogen-bond donors (Lipinski definition) is 1. The van der Waals surface area contributed by atoms with Crippen molar-refractivity contribution in [2.24, 2.45) is 0 Å². The van der Waals surface area contributed by atoms with Gasteiger partial charge in [-0.15, -0.1) is 0 Å². The van der Waals surface area contributed by atoms with Crippen LogP contribution < -0.4 is 4.72 Å². The highest BCUT2D eigenvalue weighted by Gasteiger charge is 2.30. The van der Waals surface area contributed by atoms with Crippen LogP contribution in [-0.4, -0.2) is 21.1 Å². The molecular weight excluding hydrogens is 303 g/mol. The molecule has 0 unspecified atom stereocenters. The number of alkyl halides is 3. The molecule has 0 heterocycles. The van der Waals surface area contributed by atoms with Gasteiger partial charge in [0, 0.05) is 0 Å². The molecule has 0 radical (unpaired) electrons. The van der Waals surface area contributed by atoms with Crippen molar-refractivity contribution in [1.82, 2.24) is 4.72 Å². The van der Waals surface area contributed by atoms with Crippen molar-refractivity contribution < 1.29 is 21.6 Å². The normalized spacial score (nSPS) is 12.7. The van der Waals surface area contributed by atoms with E-state index in [2.05, 4.69) is 0 Å². The third kappa shape index (κ3) is 5.00. The van der Waals surface area contributed by atoms with Crippen molar-refractivity contribution in [2.45, 2.75) is 30.8 Å². The fourth-order valence-electron chi connectivity index (χ4n) is 1.45. The van der Waals surface area contributed by atoms with Crippen LogP contribution in [0, 0.1) is 0 Å². The molecule has 0 aliphatic rings. The zero-order chi connectivity index (χ0) is 14.7. The van der Waals surface area contributed by atoms with Crippen LogP contribution in [0.15, 0.2) is 23.1 Å². The van der Waals surface area contributed by atoms with Gasteiger partial charge in [0.25, 0.3) is 0 Å². The predicted octanol–water partition coefficient (Wildman–Crippen LogP) is 3.13. The van der Waals surface area contributed by atoms with Crippen LogP contribution >= 0.6 is 11.6 Å². The lowest BCUT2D eigenvalue weighted by molar-refractivity contribution is -0.121. The van der Waals surface area contributed by atoms with E-state index in [4.69, 9.17) is 11.6 Å². The maximum absolute atomic E-state index is 12.0. The summed E-state index contributed by atoms with van der Waals surface area (Å²) in [7, 11) is -4.27. The zero-order valence-electron chi connectivity index (χ0n) is 10.1. The Morgan fingerprint density at radius 3 is 2.47 bits per heavy atom. The smallest absolute Gasteiger partial charge is 0.207 e. The summed E-state index contributed by atoms with van der Waals surface area (Å²) in [4.78, 5) is -0.329. The molecule has 0 saturated heterocycles. The standard InChI is InChI=1S/C11H13ClF3NO2S/c1-2-3-8-4-5-9(12)10(6-8)19(17,18)16-7-11(13,14)15/h4-6,16H,2-3,7H2,1H3. The first kappa shape index (κ1) is 16.3. The van der Waals surface area contributed by atoms with Crippen molar-refractivity contribution in [3.05, 3.63) is 28.8 Å². The van der Waals surface area contributed by atoms with E-state index in [1.807, 2.05) is 6.92 Å². The van der Waals surface area contributed by atoms with Gasteiger partial charge in [-0.25, -0.2) is 13.1 Å². The second-order valence-electron chi connectivity index (χ2n) is 3.95. The molecule has 8 heteroatoms. The molecule has 1 rings (SSSR count). The largest absolute Gasteiger partial charge is 0.402 e. The third-order valence-corrected chi connectivity index (χ3v) is 4.17. The number of nitrogens with one attached hydrogen (secondary N) is 1. The number of hydrogen-bond acceptors (Lipinski definition) is 2. The van der Waals surface area contributed by atoms with E-state index in [0.29, 0.717) is 12.0 Å². The number of halogens is 4. The van der Waals surface area contributed by atoms with Crippen LogP contribution in [0.1, 0.15) is 18.9 Å². The van der Waals surface area contributed by atoms with E-state index in [1.54, 1.807) is 6.07 Å². The van der Waals surface area contributed by atoms with Gasteiger partial charge < -0.3 is 0 Å². The molecule has 3 nitrogen and oxygen atoms in total. The van der Waals surface area contributed by atoms with E-state index in [-0.39, 0.29) is 9.92 Å². The molecule has 0 fully saturated rings. The average molecular weight is 316 g/mol. The fourth-order valence-corrected chi connectivity index (χ4v) is 3.02. The Bertz CT molecular complexity index is 543. The minimum atomic E-state index is -4.61. The first-order valence-electron chi connectivity index (χ1n) is 5.50. The van der Waals surface area contributed by atoms with Gasteiger partial charge in [-0.2, -0.15) is 13.2 Å². The molecular formula is C11H13ClF3NO2S. The highest BCUT2D eigenvalue weighted by atomic mass is 35.5. The second kappa shape index (κ2) is 6.11. The van der Waals surface area contributed by atoms with Gasteiger partial charge in [-0.3, -0.25) is 0 Å². The zero-order valence-corrected chi connectivity index (χ0v) is 11.7. The molecule has 1 N–H and O–H groups in total. The molecule has 108 valence electrons. The summed E-state index contributed by atoms with van der Waals surface area (Å²) < 4.78 is 61.1. The predicted molar refractivity (Wildman–Crippen MR) is 66.7 cm³/mol. The SMILES string of the molecule is CCCc1ccc(Cl)c(S(=O)(=O)NCC(F)(F)F)c1. The fraction of sp³-hybridized carbons (Fsp3) is 0.455. The number of aryl methyl sites for hydroxylation is 1. The molecule has 0 aromatic heterocycles. The Hall–Kier alpha value is -0.790. The van der Waals surface area contributed by atoms with Crippen molar-refractivity contribution in [1.29, 1.82) is 0 Å². The lowest BCUT2D eigenvalue weighted by atomic mass is 10.1. The van der Waals surface area contributed by atoms with Gasteiger partial charge >= 0.3 is 6.18 Å². The molecule has 19 heavy (non-hydrogen) atoms. The molecule has 0 saturated carbocycles. The van der Waals surface area contributed by atoms with Crippen LogP contribution in [0.2, 0.25) is 5.02 Å². The number of sulfonamides is 1. The molecule has 0 atom stereocenters. The number of rotatable bonds is 5. The first-order valence-corrected chi connectivity index (χ1v) is 7.36. The maximum Gasteiger partial charge on any atom is 0.402 e. The second-order valence-corrected chi connectivity index (χ2v) is 6.10. The summed E-state index contributed by atoms with van der Waals surface area (Å²) in [6, 6.07) is 4.31. The molecule has 0 spiro atoms. The summed E-state index contributed by atoms with van der Waals surface area (Å²) in [5, 5.41) is -0.102. The first-order chi connectivity index (χ1) is 8.65. The van der Waals surface area contributed by atoms with E-state index in [0.717, 1.165) is 6.42 Å². The van der Waals surface area contributed by atoms with E-state index in [9.17, 15) is 21.6 Å². The summed E-state index contributed by atoms with van der Waals surface area (Å²) in [5.74, 6) is 0. The lowest BCUT2D eigenvalue weighted by Crippen LogP contribution is -2.33. The summed E-state index contributed by atoms with van der Waals surface area (Å²) >= 11 is 5.73. The Morgan fingerprint density at radius 2 is 1.95 bits per heavy atom. The van der Waals surface area contributed by atoms with Crippen molar-refractivity contribution in [2.75, 3.05) is 6.54 Å². The van der Waals surface area contributed by atoms with E-state index in [1.165, 1.54) is 16.9 Å². The van der Waals surface area contributed by atoms with Gasteiger partial charge in [-0.05, 0) is 24.1 Å². The van der Waals surface area contributed by atoms with Gasteiger partial charge in [0.15, 0.2) is 0 Å². The molecule has 1 aromatic carbocycles. The topological polar surface area (TPSA) is 46.2 Å². The van der Waals surface area contributed by atoms with Gasteiger partial charge in [0.1, 0.15) is 11.4 Å². The quantitative estimate of drug-likeness (QED) is 0.907. The highest BCUT2D eigenvalue weighted by molar-refractivity contribution is 7.89. The Labute approximate surface area is 114 Å². The Kier molecular flexibility index (Phi) is 5.23. The van der Waals surface area contributed by atoms with Gasteiger partial charge in [0.2, 0.25) is 10.0 Å². The lowest BCUT2D eigenvalue weighted by Gasteiger charge is -2.11. The van der Waals surface area contributed by atoms with Crippen LogP contribution in [0.4, 0.5) is 13.2 Å². The van der Waals surface area contributed by atoms with Crippen LogP contribution in [0.25, 0.3) is 0 Å². The van der Waals surface area contributed by atoms with Crippen LogP contribution in [0.5, 0.6) is 0 Å². The average Bonchev–Trinajstić information content (AvgIpc) is 2.29. The van der Waals surface area contributed by atoms with E-state index < -0.39 is 22.7 Å². The summed E-state index contributed by atoms with van der Waals surface area (Å²) in [6.45, 7) is 0.286. The van der Waals surface area contributed by atoms with Gasteiger partial charge in [-0.1, -0.05) is 31.0 Å².